The zero-order chi connectivity index (χ0) is 8.93. The molecule has 0 aromatic heterocycles. The van der Waals surface area contributed by atoms with Crippen molar-refractivity contribution >= 4 is 6.21 Å². The van der Waals surface area contributed by atoms with Crippen LogP contribution in [0.2, 0.25) is 0 Å². The van der Waals surface area contributed by atoms with E-state index in [0.29, 0.717) is 6.17 Å². The van der Waals surface area contributed by atoms with Crippen LogP contribution in [0.5, 0.6) is 0 Å². The second kappa shape index (κ2) is 4.56. The van der Waals surface area contributed by atoms with Gasteiger partial charge in [-0.1, -0.05) is 18.9 Å². The largest absolute Gasteiger partial charge is 0.282 e. The molecule has 1 atom stereocenters. The van der Waals surface area contributed by atoms with E-state index < -0.39 is 0 Å². The van der Waals surface area contributed by atoms with E-state index in [1.54, 1.807) is 0 Å². The minimum atomic E-state index is 0.447. The Labute approximate surface area is 80.3 Å². The molecule has 1 saturated heterocycles. The molecule has 2 aliphatic heterocycles. The topological polar surface area (TPSA) is 15.6 Å². The number of hydrogen-bond donors (Lipinski definition) is 0. The van der Waals surface area contributed by atoms with Crippen molar-refractivity contribution in [3.8, 4) is 0 Å². The average Bonchev–Trinajstić information content (AvgIpc) is 2.47. The first-order valence-corrected chi connectivity index (χ1v) is 5.39. The van der Waals surface area contributed by atoms with E-state index in [1.165, 1.54) is 38.8 Å². The molecule has 0 N–H and O–H groups in total. The number of hydrogen-bond acceptors (Lipinski definition) is 2. The monoisotopic (exact) mass is 178 g/mol. The molecule has 0 bridgehead atoms. The Morgan fingerprint density at radius 1 is 1.08 bits per heavy atom. The fourth-order valence-corrected chi connectivity index (χ4v) is 2.11. The molecule has 0 radical (unpaired) electrons. The molecule has 1 unspecified atom stereocenters. The standard InChI is InChI=1S/C11H18N2/c1-2-6-10-13(9-5-1)11-7-3-4-8-12-11/h3-4,8,11H,1-2,5-7,9-10H2. The Balaban J connectivity index is 1.90. The van der Waals surface area contributed by atoms with Gasteiger partial charge in [0.25, 0.3) is 0 Å². The third-order valence-electron chi connectivity index (χ3n) is 2.89. The van der Waals surface area contributed by atoms with Crippen LogP contribution >= 0.6 is 0 Å². The molecule has 2 heteroatoms. The van der Waals surface area contributed by atoms with Crippen LogP contribution in [0.25, 0.3) is 0 Å². The number of likely N-dealkylation sites (tertiary alicyclic amines) is 1. The van der Waals surface area contributed by atoms with E-state index in [1.807, 2.05) is 12.3 Å². The van der Waals surface area contributed by atoms with Crippen LogP contribution in [0, 0.1) is 0 Å². The third-order valence-corrected chi connectivity index (χ3v) is 2.89. The second-order valence-electron chi connectivity index (χ2n) is 3.89. The maximum atomic E-state index is 4.51. The maximum absolute atomic E-state index is 4.51. The van der Waals surface area contributed by atoms with E-state index in [0.717, 1.165) is 6.42 Å². The molecule has 0 spiro atoms. The normalized spacial score (nSPS) is 30.3. The van der Waals surface area contributed by atoms with Crippen LogP contribution in [0.15, 0.2) is 17.1 Å². The van der Waals surface area contributed by atoms with Crippen molar-refractivity contribution in [3.63, 3.8) is 0 Å². The summed E-state index contributed by atoms with van der Waals surface area (Å²) in [7, 11) is 0. The predicted octanol–water partition coefficient (Wildman–Crippen LogP) is 2.22. The molecule has 0 saturated carbocycles. The highest BCUT2D eigenvalue weighted by Crippen LogP contribution is 2.16. The lowest BCUT2D eigenvalue weighted by Crippen LogP contribution is -2.35. The third kappa shape index (κ3) is 2.41. The van der Waals surface area contributed by atoms with E-state index in [4.69, 9.17) is 0 Å². The van der Waals surface area contributed by atoms with Gasteiger partial charge in [-0.05, 0) is 18.9 Å². The summed E-state index contributed by atoms with van der Waals surface area (Å²) in [5, 5.41) is 0. The highest BCUT2D eigenvalue weighted by atomic mass is 15.2. The molecule has 2 nitrogen and oxygen atoms in total. The Morgan fingerprint density at radius 3 is 2.46 bits per heavy atom. The van der Waals surface area contributed by atoms with Gasteiger partial charge in [-0.15, -0.1) is 0 Å². The lowest BCUT2D eigenvalue weighted by atomic mass is 10.2. The molecule has 13 heavy (non-hydrogen) atoms. The van der Waals surface area contributed by atoms with Crippen LogP contribution in [0.4, 0.5) is 0 Å². The summed E-state index contributed by atoms with van der Waals surface area (Å²) in [5.41, 5.74) is 0. The quantitative estimate of drug-likeness (QED) is 0.601. The molecule has 2 rings (SSSR count). The minimum absolute atomic E-state index is 0.447. The second-order valence-corrected chi connectivity index (χ2v) is 3.89. The fourth-order valence-electron chi connectivity index (χ4n) is 2.11. The lowest BCUT2D eigenvalue weighted by molar-refractivity contribution is 0.210. The highest BCUT2D eigenvalue weighted by molar-refractivity contribution is 5.72. The number of aliphatic imine (C=N–C) groups is 1. The van der Waals surface area contributed by atoms with Crippen molar-refractivity contribution in [3.05, 3.63) is 12.2 Å². The first kappa shape index (κ1) is 8.95. The molecule has 2 heterocycles. The van der Waals surface area contributed by atoms with Crippen LogP contribution in [-0.4, -0.2) is 30.4 Å². The Hall–Kier alpha value is -0.630. The number of allylic oxidation sites excluding steroid dienone is 1. The van der Waals surface area contributed by atoms with E-state index >= 15 is 0 Å². The smallest absolute Gasteiger partial charge is 0.105 e. The minimum Gasteiger partial charge on any atom is -0.282 e. The molecule has 72 valence electrons. The maximum Gasteiger partial charge on any atom is 0.105 e. The van der Waals surface area contributed by atoms with Crippen molar-refractivity contribution in [1.29, 1.82) is 0 Å². The van der Waals surface area contributed by atoms with Gasteiger partial charge in [-0.3, -0.25) is 9.89 Å². The van der Waals surface area contributed by atoms with E-state index in [-0.39, 0.29) is 0 Å². The van der Waals surface area contributed by atoms with Crippen LogP contribution in [-0.2, 0) is 0 Å². The van der Waals surface area contributed by atoms with Gasteiger partial charge >= 0.3 is 0 Å². The van der Waals surface area contributed by atoms with Gasteiger partial charge in [0.15, 0.2) is 0 Å². The van der Waals surface area contributed by atoms with Gasteiger partial charge in [0, 0.05) is 25.7 Å². The van der Waals surface area contributed by atoms with Gasteiger partial charge in [-0.2, -0.15) is 0 Å². The molecule has 2 aliphatic rings. The van der Waals surface area contributed by atoms with Crippen molar-refractivity contribution in [2.24, 2.45) is 4.99 Å². The Bertz CT molecular complexity index is 200. The van der Waals surface area contributed by atoms with Crippen molar-refractivity contribution in [2.75, 3.05) is 13.1 Å². The number of nitrogens with zero attached hydrogens (tertiary/aromatic N) is 2. The van der Waals surface area contributed by atoms with Gasteiger partial charge in [-0.25, -0.2) is 0 Å². The first-order valence-electron chi connectivity index (χ1n) is 5.39. The molecule has 0 aliphatic carbocycles. The zero-order valence-corrected chi connectivity index (χ0v) is 8.15. The van der Waals surface area contributed by atoms with Gasteiger partial charge in [0.2, 0.25) is 0 Å². The van der Waals surface area contributed by atoms with E-state index in [2.05, 4.69) is 16.0 Å². The van der Waals surface area contributed by atoms with Crippen molar-refractivity contribution in [2.45, 2.75) is 38.3 Å². The summed E-state index contributed by atoms with van der Waals surface area (Å²) in [6, 6.07) is 0. The first-order chi connectivity index (χ1) is 6.47. The molecule has 0 aromatic rings. The average molecular weight is 178 g/mol. The summed E-state index contributed by atoms with van der Waals surface area (Å²) >= 11 is 0. The van der Waals surface area contributed by atoms with E-state index in [9.17, 15) is 0 Å². The van der Waals surface area contributed by atoms with Gasteiger partial charge < -0.3 is 0 Å². The van der Waals surface area contributed by atoms with Crippen LogP contribution in [0.1, 0.15) is 32.1 Å². The summed E-state index contributed by atoms with van der Waals surface area (Å²) in [5.74, 6) is 0. The Morgan fingerprint density at radius 2 is 1.85 bits per heavy atom. The highest BCUT2D eigenvalue weighted by Gasteiger charge is 2.17. The lowest BCUT2D eigenvalue weighted by Gasteiger charge is -2.27. The zero-order valence-electron chi connectivity index (χ0n) is 8.15. The van der Waals surface area contributed by atoms with Gasteiger partial charge in [0.05, 0.1) is 0 Å². The Kier molecular flexibility index (Phi) is 3.14. The SMILES string of the molecule is C1=CCC(N2CCCCCC2)N=C1. The van der Waals surface area contributed by atoms with Crippen LogP contribution in [0.3, 0.4) is 0 Å². The van der Waals surface area contributed by atoms with Crippen LogP contribution < -0.4 is 0 Å². The summed E-state index contributed by atoms with van der Waals surface area (Å²) < 4.78 is 0. The van der Waals surface area contributed by atoms with Gasteiger partial charge in [0.1, 0.15) is 6.17 Å². The molecule has 0 aromatic carbocycles. The molecule has 0 amide bonds. The van der Waals surface area contributed by atoms with Crippen molar-refractivity contribution in [1.82, 2.24) is 4.90 Å². The molecular formula is C11H18N2. The molecule has 1 fully saturated rings. The van der Waals surface area contributed by atoms with Crippen molar-refractivity contribution < 1.29 is 0 Å². The number of rotatable bonds is 1. The molecular weight excluding hydrogens is 160 g/mol. The number of dihydropyridines is 1. The predicted molar refractivity (Wildman–Crippen MR) is 56.1 cm³/mol. The summed E-state index contributed by atoms with van der Waals surface area (Å²) in [6.07, 6.45) is 13.3. The summed E-state index contributed by atoms with van der Waals surface area (Å²) in [4.78, 5) is 7.04. The fraction of sp³-hybridized carbons (Fsp3) is 0.727. The summed E-state index contributed by atoms with van der Waals surface area (Å²) in [6.45, 7) is 2.49.